The van der Waals surface area contributed by atoms with Gasteiger partial charge in [-0.15, -0.1) is 0 Å². The third-order valence-corrected chi connectivity index (χ3v) is 0.955. The molecule has 1 N–H and O–H groups in total. The Morgan fingerprint density at radius 1 is 1.64 bits per heavy atom. The van der Waals surface area contributed by atoms with E-state index in [0.717, 1.165) is 7.11 Å². The zero-order chi connectivity index (χ0) is 11.2. The molecule has 5 nitrogen and oxygen atoms in total. The summed E-state index contributed by atoms with van der Waals surface area (Å²) >= 11 is 0. The molecule has 0 aromatic rings. The summed E-state index contributed by atoms with van der Waals surface area (Å²) in [7, 11) is 0.985. The molecule has 0 rings (SSSR count). The van der Waals surface area contributed by atoms with Crippen molar-refractivity contribution in [3.63, 3.8) is 0 Å². The van der Waals surface area contributed by atoms with E-state index in [0.29, 0.717) is 0 Å². The molecule has 0 amide bonds. The highest BCUT2D eigenvalue weighted by Gasteiger charge is 2.26. The molecule has 14 heavy (non-hydrogen) atoms. The average Bonchev–Trinajstić information content (AvgIpc) is 2.09. The first kappa shape index (κ1) is 12.2. The molecule has 0 unspecified atom stereocenters. The molecule has 78 valence electrons. The van der Waals surface area contributed by atoms with Crippen molar-refractivity contribution in [2.75, 3.05) is 13.7 Å². The summed E-state index contributed by atoms with van der Waals surface area (Å²) in [6, 6.07) is 1.28. The summed E-state index contributed by atoms with van der Waals surface area (Å²) in [5, 5.41) is 11.2. The fourth-order valence-corrected chi connectivity index (χ4v) is 0.421. The Hall–Kier alpha value is -1.78. The molecule has 0 bridgehead atoms. The van der Waals surface area contributed by atoms with Gasteiger partial charge < -0.3 is 4.74 Å². The summed E-state index contributed by atoms with van der Waals surface area (Å²) in [6.45, 7) is -1.42. The van der Waals surface area contributed by atoms with Gasteiger partial charge in [0, 0.05) is 0 Å². The standard InChI is InChI=1S/C6H6F3N3O2/c1-14-5(13)4(2-10)12-11-3-6(7,8)9/h11H,3H2,1H3/b12-4+. The number of halogens is 3. The lowest BCUT2D eigenvalue weighted by atomic mass is 10.4. The number of nitrogens with zero attached hydrogens (tertiary/aromatic N) is 2. The number of ether oxygens (including phenoxy) is 1. The van der Waals surface area contributed by atoms with Gasteiger partial charge in [-0.05, 0) is 0 Å². The second-order valence-electron chi connectivity index (χ2n) is 2.01. The van der Waals surface area contributed by atoms with E-state index in [1.807, 2.05) is 0 Å². The molecule has 0 radical (unpaired) electrons. The van der Waals surface area contributed by atoms with Crippen molar-refractivity contribution in [1.29, 1.82) is 5.26 Å². The number of hydrogen-bond donors (Lipinski definition) is 1. The first-order valence-corrected chi connectivity index (χ1v) is 3.26. The number of nitrogens with one attached hydrogen (secondary N) is 1. The fourth-order valence-electron chi connectivity index (χ4n) is 0.421. The highest BCUT2D eigenvalue weighted by atomic mass is 19.4. The molecule has 0 saturated heterocycles. The van der Waals surface area contributed by atoms with Gasteiger partial charge in [-0.2, -0.15) is 23.5 Å². The Bertz CT molecular complexity index is 279. The molecule has 0 aliphatic carbocycles. The molecule has 0 aromatic heterocycles. The normalized spacial score (nSPS) is 11.8. The van der Waals surface area contributed by atoms with Crippen LogP contribution in [0.1, 0.15) is 0 Å². The van der Waals surface area contributed by atoms with Crippen LogP contribution in [0, 0.1) is 11.3 Å². The zero-order valence-electron chi connectivity index (χ0n) is 7.05. The summed E-state index contributed by atoms with van der Waals surface area (Å²) in [6.07, 6.45) is -4.46. The lowest BCUT2D eigenvalue weighted by Crippen LogP contribution is -2.27. The topological polar surface area (TPSA) is 74.5 Å². The van der Waals surface area contributed by atoms with Gasteiger partial charge in [0.2, 0.25) is 5.71 Å². The average molecular weight is 209 g/mol. The third kappa shape index (κ3) is 4.97. The van der Waals surface area contributed by atoms with E-state index in [2.05, 4.69) is 9.84 Å². The number of rotatable bonds is 3. The third-order valence-electron chi connectivity index (χ3n) is 0.955. The van der Waals surface area contributed by atoms with Gasteiger partial charge in [-0.25, -0.2) is 4.79 Å². The minimum atomic E-state index is -4.46. The molecule has 0 spiro atoms. The van der Waals surface area contributed by atoms with Crippen LogP contribution in [0.25, 0.3) is 0 Å². The number of esters is 1. The predicted molar refractivity (Wildman–Crippen MR) is 39.1 cm³/mol. The number of methoxy groups -OCH3 is 1. The number of carbonyl (C=O) groups is 1. The first-order valence-electron chi connectivity index (χ1n) is 3.26. The van der Waals surface area contributed by atoms with E-state index in [9.17, 15) is 18.0 Å². The van der Waals surface area contributed by atoms with E-state index < -0.39 is 24.4 Å². The van der Waals surface area contributed by atoms with Crippen LogP contribution in [0.4, 0.5) is 13.2 Å². The maximum absolute atomic E-state index is 11.6. The van der Waals surface area contributed by atoms with Gasteiger partial charge >= 0.3 is 12.1 Å². The maximum atomic E-state index is 11.6. The number of alkyl halides is 3. The summed E-state index contributed by atoms with van der Waals surface area (Å²) in [5.74, 6) is -1.10. The summed E-state index contributed by atoms with van der Waals surface area (Å²) in [5.41, 5.74) is 0.764. The fraction of sp³-hybridized carbons (Fsp3) is 0.500. The molecule has 0 saturated carbocycles. The monoisotopic (exact) mass is 209 g/mol. The Balaban J connectivity index is 4.22. The van der Waals surface area contributed by atoms with E-state index in [4.69, 9.17) is 5.26 Å². The number of carbonyl (C=O) groups excluding carboxylic acids is 1. The Kier molecular flexibility index (Phi) is 4.42. The van der Waals surface area contributed by atoms with Crippen molar-refractivity contribution in [3.05, 3.63) is 0 Å². The highest BCUT2D eigenvalue weighted by Crippen LogP contribution is 2.11. The summed E-state index contributed by atoms with van der Waals surface area (Å²) < 4.78 is 38.8. The Labute approximate surface area is 77.1 Å². The second-order valence-corrected chi connectivity index (χ2v) is 2.01. The van der Waals surface area contributed by atoms with E-state index in [-0.39, 0.29) is 0 Å². The largest absolute Gasteiger partial charge is 0.464 e. The minimum absolute atomic E-state index is 0.767. The van der Waals surface area contributed by atoms with Crippen molar-refractivity contribution in [2.24, 2.45) is 5.10 Å². The van der Waals surface area contributed by atoms with Crippen molar-refractivity contribution in [2.45, 2.75) is 6.18 Å². The zero-order valence-corrected chi connectivity index (χ0v) is 7.05. The van der Waals surface area contributed by atoms with Crippen molar-refractivity contribution < 1.29 is 22.7 Å². The van der Waals surface area contributed by atoms with E-state index >= 15 is 0 Å². The number of hydrazone groups is 1. The van der Waals surface area contributed by atoms with Gasteiger partial charge in [0.05, 0.1) is 7.11 Å². The van der Waals surface area contributed by atoms with E-state index in [1.54, 1.807) is 0 Å². The van der Waals surface area contributed by atoms with Crippen LogP contribution < -0.4 is 5.43 Å². The molecule has 0 aliphatic heterocycles. The summed E-state index contributed by atoms with van der Waals surface area (Å²) in [4.78, 5) is 10.6. The smallest absolute Gasteiger partial charge is 0.407 e. The van der Waals surface area contributed by atoms with Gasteiger partial charge in [-0.3, -0.25) is 5.43 Å². The molecule has 0 aliphatic rings. The van der Waals surface area contributed by atoms with Gasteiger partial charge in [0.15, 0.2) is 0 Å². The number of hydrogen-bond acceptors (Lipinski definition) is 5. The molecule has 0 fully saturated rings. The van der Waals surface area contributed by atoms with Crippen molar-refractivity contribution in [3.8, 4) is 6.07 Å². The Morgan fingerprint density at radius 3 is 2.57 bits per heavy atom. The minimum Gasteiger partial charge on any atom is -0.464 e. The molecule has 8 heteroatoms. The SMILES string of the molecule is COC(=O)/C(C#N)=N/NCC(F)(F)F. The van der Waals surface area contributed by atoms with Crippen molar-refractivity contribution >= 4 is 11.7 Å². The predicted octanol–water partition coefficient (Wildman–Crippen LogP) is 0.191. The molecule has 0 aromatic carbocycles. The van der Waals surface area contributed by atoms with Crippen LogP contribution in [0.2, 0.25) is 0 Å². The lowest BCUT2D eigenvalue weighted by molar-refractivity contribution is -0.133. The molecule has 0 atom stereocenters. The molecule has 0 heterocycles. The van der Waals surface area contributed by atoms with Crippen LogP contribution in [-0.2, 0) is 9.53 Å². The van der Waals surface area contributed by atoms with Crippen LogP contribution in [-0.4, -0.2) is 31.5 Å². The van der Waals surface area contributed by atoms with Crippen LogP contribution in [0.15, 0.2) is 5.10 Å². The maximum Gasteiger partial charge on any atom is 0.407 e. The molecular weight excluding hydrogens is 203 g/mol. The number of nitriles is 1. The lowest BCUT2D eigenvalue weighted by Gasteiger charge is -2.04. The first-order chi connectivity index (χ1) is 6.40. The van der Waals surface area contributed by atoms with Gasteiger partial charge in [0.25, 0.3) is 0 Å². The van der Waals surface area contributed by atoms with E-state index in [1.165, 1.54) is 11.5 Å². The van der Waals surface area contributed by atoms with Gasteiger partial charge in [0.1, 0.15) is 12.6 Å². The Morgan fingerprint density at radius 2 is 2.21 bits per heavy atom. The quantitative estimate of drug-likeness (QED) is 0.409. The van der Waals surface area contributed by atoms with Crippen LogP contribution >= 0.6 is 0 Å². The highest BCUT2D eigenvalue weighted by molar-refractivity contribution is 6.42. The van der Waals surface area contributed by atoms with Crippen molar-refractivity contribution in [1.82, 2.24) is 5.43 Å². The van der Waals surface area contributed by atoms with Crippen LogP contribution in [0.5, 0.6) is 0 Å². The van der Waals surface area contributed by atoms with Gasteiger partial charge in [-0.1, -0.05) is 0 Å². The second kappa shape index (κ2) is 5.06. The van der Waals surface area contributed by atoms with Crippen LogP contribution in [0.3, 0.4) is 0 Å². The molecular formula is C6H6F3N3O2.